The standard InChI is InChI=1S/C18H22N4O2S/c23-18(14-5-9-25-12-14)22-8-4-15(11-22)24-17-10-16(19-13-20-17)21-6-2-1-3-7-21/h5,9-10,12-13,15H,1-4,6-8,11H2/t15-/m1/s1. The number of likely N-dealkylation sites (tertiary alicyclic amines) is 1. The Morgan fingerprint density at radius 1 is 1.20 bits per heavy atom. The summed E-state index contributed by atoms with van der Waals surface area (Å²) < 4.78 is 6.04. The van der Waals surface area contributed by atoms with Crippen LogP contribution in [0.4, 0.5) is 5.82 Å². The number of thiophene rings is 1. The van der Waals surface area contributed by atoms with Gasteiger partial charge in [-0.1, -0.05) is 0 Å². The van der Waals surface area contributed by atoms with Crippen molar-refractivity contribution >= 4 is 23.1 Å². The smallest absolute Gasteiger partial charge is 0.254 e. The molecule has 0 saturated carbocycles. The third-order valence-corrected chi connectivity index (χ3v) is 5.48. The van der Waals surface area contributed by atoms with Crippen LogP contribution >= 0.6 is 11.3 Å². The highest BCUT2D eigenvalue weighted by Gasteiger charge is 2.29. The van der Waals surface area contributed by atoms with Gasteiger partial charge >= 0.3 is 0 Å². The third-order valence-electron chi connectivity index (χ3n) is 4.80. The van der Waals surface area contributed by atoms with Gasteiger partial charge in [0.2, 0.25) is 5.88 Å². The molecule has 7 heteroatoms. The first-order chi connectivity index (χ1) is 12.3. The van der Waals surface area contributed by atoms with E-state index in [2.05, 4.69) is 14.9 Å². The highest BCUT2D eigenvalue weighted by atomic mass is 32.1. The Morgan fingerprint density at radius 3 is 2.88 bits per heavy atom. The fraction of sp³-hybridized carbons (Fsp3) is 0.500. The van der Waals surface area contributed by atoms with Gasteiger partial charge < -0.3 is 14.5 Å². The molecule has 132 valence electrons. The van der Waals surface area contributed by atoms with Crippen LogP contribution in [0.25, 0.3) is 0 Å². The third kappa shape index (κ3) is 3.76. The van der Waals surface area contributed by atoms with Crippen LogP contribution in [0.5, 0.6) is 5.88 Å². The van der Waals surface area contributed by atoms with Gasteiger partial charge in [-0.25, -0.2) is 9.97 Å². The van der Waals surface area contributed by atoms with E-state index in [4.69, 9.17) is 4.74 Å². The minimum absolute atomic E-state index is 0.00769. The fourth-order valence-electron chi connectivity index (χ4n) is 3.44. The average Bonchev–Trinajstić information content (AvgIpc) is 3.34. The van der Waals surface area contributed by atoms with E-state index in [0.717, 1.165) is 37.4 Å². The fourth-order valence-corrected chi connectivity index (χ4v) is 4.07. The predicted octanol–water partition coefficient (Wildman–Crippen LogP) is 2.82. The van der Waals surface area contributed by atoms with Gasteiger partial charge in [-0.15, -0.1) is 0 Å². The van der Waals surface area contributed by atoms with Crippen molar-refractivity contribution in [3.63, 3.8) is 0 Å². The summed E-state index contributed by atoms with van der Waals surface area (Å²) >= 11 is 1.54. The quantitative estimate of drug-likeness (QED) is 0.841. The van der Waals surface area contributed by atoms with Gasteiger partial charge in [0, 0.05) is 37.5 Å². The number of aromatic nitrogens is 2. The van der Waals surface area contributed by atoms with E-state index in [9.17, 15) is 4.79 Å². The first kappa shape index (κ1) is 16.3. The van der Waals surface area contributed by atoms with E-state index < -0.39 is 0 Å². The first-order valence-corrected chi connectivity index (χ1v) is 9.79. The van der Waals surface area contributed by atoms with E-state index in [1.807, 2.05) is 27.8 Å². The van der Waals surface area contributed by atoms with Gasteiger partial charge in [0.1, 0.15) is 18.2 Å². The predicted molar refractivity (Wildman–Crippen MR) is 97.4 cm³/mol. The van der Waals surface area contributed by atoms with Crippen LogP contribution in [0.15, 0.2) is 29.2 Å². The maximum Gasteiger partial charge on any atom is 0.254 e. The highest BCUT2D eigenvalue weighted by Crippen LogP contribution is 2.23. The number of carbonyl (C=O) groups is 1. The van der Waals surface area contributed by atoms with Crippen molar-refractivity contribution < 1.29 is 9.53 Å². The molecule has 2 aromatic heterocycles. The van der Waals surface area contributed by atoms with E-state index in [1.54, 1.807) is 17.7 Å². The second-order valence-corrected chi connectivity index (χ2v) is 7.33. The Bertz CT molecular complexity index is 716. The first-order valence-electron chi connectivity index (χ1n) is 8.85. The molecule has 0 N–H and O–H groups in total. The van der Waals surface area contributed by atoms with Crippen molar-refractivity contribution in [1.29, 1.82) is 0 Å². The Kier molecular flexibility index (Phi) is 4.83. The summed E-state index contributed by atoms with van der Waals surface area (Å²) in [5, 5.41) is 3.83. The minimum atomic E-state index is -0.00769. The number of piperidine rings is 1. The van der Waals surface area contributed by atoms with Gasteiger partial charge in [0.25, 0.3) is 5.91 Å². The number of ether oxygens (including phenoxy) is 1. The number of hydrogen-bond donors (Lipinski definition) is 0. The van der Waals surface area contributed by atoms with Crippen LogP contribution in [-0.4, -0.2) is 53.1 Å². The molecule has 0 bridgehead atoms. The molecule has 2 aromatic rings. The lowest BCUT2D eigenvalue weighted by molar-refractivity contribution is 0.0771. The number of hydrogen-bond acceptors (Lipinski definition) is 6. The second kappa shape index (κ2) is 7.39. The second-order valence-electron chi connectivity index (χ2n) is 6.55. The maximum atomic E-state index is 12.4. The van der Waals surface area contributed by atoms with E-state index >= 15 is 0 Å². The molecule has 25 heavy (non-hydrogen) atoms. The Morgan fingerprint density at radius 2 is 2.08 bits per heavy atom. The van der Waals surface area contributed by atoms with Gasteiger partial charge in [-0.2, -0.15) is 11.3 Å². The molecule has 2 aliphatic heterocycles. The molecule has 0 unspecified atom stereocenters. The van der Waals surface area contributed by atoms with Crippen LogP contribution in [0, 0.1) is 0 Å². The van der Waals surface area contributed by atoms with Crippen molar-refractivity contribution in [1.82, 2.24) is 14.9 Å². The molecule has 0 radical (unpaired) electrons. The summed E-state index contributed by atoms with van der Waals surface area (Å²) in [5.74, 6) is 1.63. The molecule has 4 rings (SSSR count). The highest BCUT2D eigenvalue weighted by molar-refractivity contribution is 7.08. The van der Waals surface area contributed by atoms with E-state index in [1.165, 1.54) is 19.3 Å². The van der Waals surface area contributed by atoms with Crippen molar-refractivity contribution in [2.24, 2.45) is 0 Å². The van der Waals surface area contributed by atoms with Gasteiger partial charge in [0.05, 0.1) is 12.1 Å². The molecular formula is C18H22N4O2S. The van der Waals surface area contributed by atoms with Crippen molar-refractivity contribution in [2.45, 2.75) is 31.8 Å². The van der Waals surface area contributed by atoms with E-state index in [0.29, 0.717) is 12.4 Å². The molecular weight excluding hydrogens is 336 g/mol. The Labute approximate surface area is 151 Å². The molecule has 2 aliphatic rings. The average molecular weight is 358 g/mol. The molecule has 1 amide bonds. The zero-order chi connectivity index (χ0) is 17.1. The summed E-state index contributed by atoms with van der Waals surface area (Å²) in [5.41, 5.74) is 0.764. The summed E-state index contributed by atoms with van der Waals surface area (Å²) in [4.78, 5) is 25.2. The maximum absolute atomic E-state index is 12.4. The van der Waals surface area contributed by atoms with Crippen molar-refractivity contribution in [3.05, 3.63) is 34.8 Å². The SMILES string of the molecule is O=C(c1ccsc1)N1CC[C@@H](Oc2cc(N3CCCCC3)ncn2)C1. The number of carbonyl (C=O) groups excluding carboxylic acids is 1. The Hall–Kier alpha value is -2.15. The zero-order valence-corrected chi connectivity index (χ0v) is 15.0. The van der Waals surface area contributed by atoms with Crippen LogP contribution in [0.1, 0.15) is 36.0 Å². The van der Waals surface area contributed by atoms with Crippen LogP contribution < -0.4 is 9.64 Å². The summed E-state index contributed by atoms with van der Waals surface area (Å²) in [6.45, 7) is 3.42. The van der Waals surface area contributed by atoms with E-state index in [-0.39, 0.29) is 12.0 Å². The van der Waals surface area contributed by atoms with Gasteiger partial charge in [0.15, 0.2) is 0 Å². The molecule has 0 spiro atoms. The number of nitrogens with zero attached hydrogens (tertiary/aromatic N) is 4. The normalized spacial score (nSPS) is 20.7. The summed E-state index contributed by atoms with van der Waals surface area (Å²) in [6, 6.07) is 3.80. The summed E-state index contributed by atoms with van der Waals surface area (Å²) in [7, 11) is 0. The Balaban J connectivity index is 1.37. The zero-order valence-electron chi connectivity index (χ0n) is 14.1. The molecule has 2 fully saturated rings. The monoisotopic (exact) mass is 358 g/mol. The lowest BCUT2D eigenvalue weighted by atomic mass is 10.1. The number of amides is 1. The van der Waals surface area contributed by atoms with Crippen LogP contribution in [0.3, 0.4) is 0 Å². The van der Waals surface area contributed by atoms with Crippen molar-refractivity contribution in [3.8, 4) is 5.88 Å². The lowest BCUT2D eigenvalue weighted by Gasteiger charge is -2.27. The molecule has 6 nitrogen and oxygen atoms in total. The van der Waals surface area contributed by atoms with Gasteiger partial charge in [-0.3, -0.25) is 4.79 Å². The van der Waals surface area contributed by atoms with Crippen molar-refractivity contribution in [2.75, 3.05) is 31.1 Å². The number of rotatable bonds is 4. The lowest BCUT2D eigenvalue weighted by Crippen LogP contribution is -2.31. The van der Waals surface area contributed by atoms with Crippen LogP contribution in [-0.2, 0) is 0 Å². The minimum Gasteiger partial charge on any atom is -0.472 e. The van der Waals surface area contributed by atoms with Crippen LogP contribution in [0.2, 0.25) is 0 Å². The topological polar surface area (TPSA) is 58.6 Å². The molecule has 0 aliphatic carbocycles. The molecule has 2 saturated heterocycles. The molecule has 4 heterocycles. The summed E-state index contributed by atoms with van der Waals surface area (Å²) in [6.07, 6.45) is 6.11. The number of anilines is 1. The molecule has 1 atom stereocenters. The largest absolute Gasteiger partial charge is 0.472 e. The van der Waals surface area contributed by atoms with Gasteiger partial charge in [-0.05, 0) is 30.7 Å². The molecule has 0 aromatic carbocycles.